The summed E-state index contributed by atoms with van der Waals surface area (Å²) < 4.78 is 11.4. The molecule has 0 spiro atoms. The van der Waals surface area contributed by atoms with E-state index >= 15 is 0 Å². The Morgan fingerprint density at radius 2 is 2.00 bits per heavy atom. The lowest BCUT2D eigenvalue weighted by Gasteiger charge is -2.09. The Hall–Kier alpha value is -2.45. The largest absolute Gasteiger partial charge is 0.497 e. The van der Waals surface area contributed by atoms with Crippen LogP contribution in [-0.2, 0) is 0 Å². The molecule has 0 heterocycles. The summed E-state index contributed by atoms with van der Waals surface area (Å²) in [5.74, 6) is 0.579. The molecule has 0 aliphatic rings. The lowest BCUT2D eigenvalue weighted by Crippen LogP contribution is -2.31. The number of benzene rings is 2. The van der Waals surface area contributed by atoms with Crippen molar-refractivity contribution >= 4 is 45.4 Å². The minimum Gasteiger partial charge on any atom is -0.497 e. The number of rotatable bonds is 6. The number of carbonyl (C=O) groups excluding carboxylic acids is 1. The Kier molecular flexibility index (Phi) is 7.55. The second-order valence-electron chi connectivity index (χ2n) is 5.03. The number of hydrogen-bond donors (Lipinski definition) is 2. The first kappa shape index (κ1) is 19.9. The highest BCUT2D eigenvalue weighted by molar-refractivity contribution is 9.10. The standard InChI is InChI=1S/C18H18BrN3O3S/c1-3-20-18(26)22-21-11-13-10-14(19)6-9-16(13)25-17(23)12-4-7-15(24-2)8-5-12/h4-11H,3H2,1-2H3,(H2,20,22,26)/b21-11+. The first-order valence-electron chi connectivity index (χ1n) is 7.76. The maximum atomic E-state index is 12.4. The molecule has 2 N–H and O–H groups in total. The van der Waals surface area contributed by atoms with Gasteiger partial charge in [0.25, 0.3) is 0 Å². The van der Waals surface area contributed by atoms with Crippen LogP contribution < -0.4 is 20.2 Å². The molecule has 2 aromatic rings. The van der Waals surface area contributed by atoms with Gasteiger partial charge in [0.1, 0.15) is 11.5 Å². The molecule has 26 heavy (non-hydrogen) atoms. The first-order chi connectivity index (χ1) is 12.5. The summed E-state index contributed by atoms with van der Waals surface area (Å²) in [7, 11) is 1.57. The third kappa shape index (κ3) is 5.82. The van der Waals surface area contributed by atoms with Crippen molar-refractivity contribution in [3.05, 3.63) is 58.1 Å². The first-order valence-corrected chi connectivity index (χ1v) is 8.96. The van der Waals surface area contributed by atoms with E-state index in [1.807, 2.05) is 6.92 Å². The number of carbonyl (C=O) groups is 1. The van der Waals surface area contributed by atoms with Crippen molar-refractivity contribution in [1.82, 2.24) is 10.7 Å². The third-order valence-electron chi connectivity index (χ3n) is 3.21. The molecule has 0 atom stereocenters. The topological polar surface area (TPSA) is 72.0 Å². The van der Waals surface area contributed by atoms with E-state index in [4.69, 9.17) is 21.7 Å². The lowest BCUT2D eigenvalue weighted by atomic mass is 10.2. The van der Waals surface area contributed by atoms with Gasteiger partial charge in [0.05, 0.1) is 18.9 Å². The number of methoxy groups -OCH3 is 1. The lowest BCUT2D eigenvalue weighted by molar-refractivity contribution is 0.0734. The molecule has 0 unspecified atom stereocenters. The van der Waals surface area contributed by atoms with Gasteiger partial charge in [-0.2, -0.15) is 5.10 Å². The number of esters is 1. The third-order valence-corrected chi connectivity index (χ3v) is 3.94. The maximum Gasteiger partial charge on any atom is 0.343 e. The summed E-state index contributed by atoms with van der Waals surface area (Å²) in [5.41, 5.74) is 3.73. The average molecular weight is 436 g/mol. The van der Waals surface area contributed by atoms with Crippen LogP contribution in [0.2, 0.25) is 0 Å². The average Bonchev–Trinajstić information content (AvgIpc) is 2.64. The molecule has 0 saturated heterocycles. The highest BCUT2D eigenvalue weighted by atomic mass is 79.9. The molecule has 0 aliphatic heterocycles. The monoisotopic (exact) mass is 435 g/mol. The van der Waals surface area contributed by atoms with Gasteiger partial charge in [-0.25, -0.2) is 4.79 Å². The quantitative estimate of drug-likeness (QED) is 0.238. The molecular weight excluding hydrogens is 418 g/mol. The second-order valence-corrected chi connectivity index (χ2v) is 6.35. The Morgan fingerprint density at radius 1 is 1.27 bits per heavy atom. The summed E-state index contributed by atoms with van der Waals surface area (Å²) in [6.45, 7) is 2.63. The molecule has 0 radical (unpaired) electrons. The number of hydrogen-bond acceptors (Lipinski definition) is 5. The molecule has 0 saturated carbocycles. The van der Waals surface area contributed by atoms with Crippen molar-refractivity contribution in [2.75, 3.05) is 13.7 Å². The highest BCUT2D eigenvalue weighted by Gasteiger charge is 2.12. The SMILES string of the molecule is CCNC(=S)N/N=C/c1cc(Br)ccc1OC(=O)c1ccc(OC)cc1. The smallest absolute Gasteiger partial charge is 0.343 e. The minimum absolute atomic E-state index is 0.383. The minimum atomic E-state index is -0.472. The summed E-state index contributed by atoms with van der Waals surface area (Å²) in [6.07, 6.45) is 1.53. The van der Waals surface area contributed by atoms with E-state index in [-0.39, 0.29) is 0 Å². The maximum absolute atomic E-state index is 12.4. The predicted octanol–water partition coefficient (Wildman–Crippen LogP) is 3.49. The van der Waals surface area contributed by atoms with E-state index in [0.29, 0.717) is 34.3 Å². The number of ether oxygens (including phenoxy) is 2. The number of hydrazone groups is 1. The highest BCUT2D eigenvalue weighted by Crippen LogP contribution is 2.23. The van der Waals surface area contributed by atoms with Gasteiger partial charge in [0.2, 0.25) is 0 Å². The van der Waals surface area contributed by atoms with Crippen molar-refractivity contribution in [2.24, 2.45) is 5.10 Å². The van der Waals surface area contributed by atoms with Crippen molar-refractivity contribution in [1.29, 1.82) is 0 Å². The fraction of sp³-hybridized carbons (Fsp3) is 0.167. The van der Waals surface area contributed by atoms with Crippen molar-refractivity contribution in [3.63, 3.8) is 0 Å². The van der Waals surface area contributed by atoms with E-state index in [2.05, 4.69) is 31.8 Å². The van der Waals surface area contributed by atoms with Gasteiger partial charge in [-0.3, -0.25) is 5.43 Å². The zero-order valence-corrected chi connectivity index (χ0v) is 16.7. The second kappa shape index (κ2) is 9.88. The van der Waals surface area contributed by atoms with E-state index in [1.165, 1.54) is 6.21 Å². The van der Waals surface area contributed by atoms with Crippen LogP contribution in [-0.4, -0.2) is 31.0 Å². The summed E-state index contributed by atoms with van der Waals surface area (Å²) >= 11 is 8.44. The summed E-state index contributed by atoms with van der Waals surface area (Å²) in [4.78, 5) is 12.4. The zero-order valence-electron chi connectivity index (χ0n) is 14.3. The predicted molar refractivity (Wildman–Crippen MR) is 109 cm³/mol. The van der Waals surface area contributed by atoms with E-state index in [0.717, 1.165) is 4.47 Å². The Morgan fingerprint density at radius 3 is 2.65 bits per heavy atom. The van der Waals surface area contributed by atoms with Crippen LogP contribution in [0.1, 0.15) is 22.8 Å². The molecule has 0 amide bonds. The molecule has 6 nitrogen and oxygen atoms in total. The molecule has 0 fully saturated rings. The van der Waals surface area contributed by atoms with Crippen LogP contribution in [0.25, 0.3) is 0 Å². The van der Waals surface area contributed by atoms with Gasteiger partial charge in [-0.1, -0.05) is 15.9 Å². The van der Waals surface area contributed by atoms with Gasteiger partial charge in [0, 0.05) is 16.6 Å². The number of nitrogens with zero attached hydrogens (tertiary/aromatic N) is 1. The van der Waals surface area contributed by atoms with E-state index in [1.54, 1.807) is 49.6 Å². The van der Waals surface area contributed by atoms with Gasteiger partial charge in [-0.15, -0.1) is 0 Å². The number of halogens is 1. The van der Waals surface area contributed by atoms with Crippen LogP contribution in [0.5, 0.6) is 11.5 Å². The molecule has 136 valence electrons. The fourth-order valence-electron chi connectivity index (χ4n) is 1.96. The van der Waals surface area contributed by atoms with Crippen LogP contribution in [0.15, 0.2) is 52.0 Å². The molecule has 0 bridgehead atoms. The van der Waals surface area contributed by atoms with Gasteiger partial charge in [-0.05, 0) is 61.6 Å². The van der Waals surface area contributed by atoms with Crippen LogP contribution in [0.4, 0.5) is 0 Å². The Labute approximate surface area is 165 Å². The normalized spacial score (nSPS) is 10.4. The number of nitrogens with one attached hydrogen (secondary N) is 2. The van der Waals surface area contributed by atoms with Gasteiger partial charge >= 0.3 is 5.97 Å². The van der Waals surface area contributed by atoms with Crippen molar-refractivity contribution in [2.45, 2.75) is 6.92 Å². The summed E-state index contributed by atoms with van der Waals surface area (Å²) in [5, 5.41) is 7.39. The molecule has 2 rings (SSSR count). The Bertz CT molecular complexity index is 810. The van der Waals surface area contributed by atoms with Crippen LogP contribution in [0.3, 0.4) is 0 Å². The van der Waals surface area contributed by atoms with Crippen LogP contribution in [0, 0.1) is 0 Å². The van der Waals surface area contributed by atoms with Crippen molar-refractivity contribution < 1.29 is 14.3 Å². The molecule has 0 aromatic heterocycles. The van der Waals surface area contributed by atoms with E-state index in [9.17, 15) is 4.79 Å². The fourth-order valence-corrected chi connectivity index (χ4v) is 2.54. The van der Waals surface area contributed by atoms with Crippen LogP contribution >= 0.6 is 28.1 Å². The van der Waals surface area contributed by atoms with E-state index < -0.39 is 5.97 Å². The molecular formula is C18H18BrN3O3S. The molecule has 2 aromatic carbocycles. The summed E-state index contributed by atoms with van der Waals surface area (Å²) in [6, 6.07) is 11.9. The Balaban J connectivity index is 2.14. The van der Waals surface area contributed by atoms with Gasteiger partial charge in [0.15, 0.2) is 5.11 Å². The number of thiocarbonyl (C=S) groups is 1. The van der Waals surface area contributed by atoms with Crippen molar-refractivity contribution in [3.8, 4) is 11.5 Å². The van der Waals surface area contributed by atoms with Gasteiger partial charge < -0.3 is 14.8 Å². The zero-order chi connectivity index (χ0) is 18.9. The molecule has 8 heteroatoms. The molecule has 0 aliphatic carbocycles.